The first-order valence-corrected chi connectivity index (χ1v) is 16.1. The van der Waals surface area contributed by atoms with E-state index in [0.717, 1.165) is 51.0 Å². The monoisotopic (exact) mass is 630 g/mol. The highest BCUT2D eigenvalue weighted by molar-refractivity contribution is 5.87. The first kappa shape index (κ1) is 31.9. The standard InChI is InChI=1S/C43H38N2O3/c1-33(2)43(46)48-32-12-31-47-42-29-27-41(28-30-42)45(38-17-10-5-11-18-38)40-25-21-35(22-26-40)34-19-23-39(24-20-34)44(36-13-6-3-7-14-36)37-15-8-4-9-16-37/h3-11,13-30H,1,12,31-32H2,2H3. The molecule has 0 fully saturated rings. The maximum absolute atomic E-state index is 11.6. The largest absolute Gasteiger partial charge is 0.493 e. The summed E-state index contributed by atoms with van der Waals surface area (Å²) < 4.78 is 11.0. The molecular weight excluding hydrogens is 592 g/mol. The maximum Gasteiger partial charge on any atom is 0.333 e. The molecule has 0 N–H and O–H groups in total. The number of rotatable bonds is 13. The van der Waals surface area contributed by atoms with E-state index in [1.165, 1.54) is 0 Å². The number of carbonyl (C=O) groups excluding carboxylic acids is 1. The van der Waals surface area contributed by atoms with Crippen LogP contribution in [0.3, 0.4) is 0 Å². The van der Waals surface area contributed by atoms with Gasteiger partial charge >= 0.3 is 5.97 Å². The number of hydrogen-bond acceptors (Lipinski definition) is 5. The van der Waals surface area contributed by atoms with E-state index in [0.29, 0.717) is 25.2 Å². The Morgan fingerprint density at radius 2 is 0.854 bits per heavy atom. The van der Waals surface area contributed by atoms with E-state index in [1.54, 1.807) is 6.92 Å². The van der Waals surface area contributed by atoms with Crippen LogP contribution in [-0.2, 0) is 9.53 Å². The van der Waals surface area contributed by atoms with Crippen LogP contribution in [0, 0.1) is 0 Å². The van der Waals surface area contributed by atoms with Gasteiger partial charge in [-0.1, -0.05) is 85.4 Å². The van der Waals surface area contributed by atoms with E-state index >= 15 is 0 Å². The van der Waals surface area contributed by atoms with Crippen molar-refractivity contribution in [3.63, 3.8) is 0 Å². The van der Waals surface area contributed by atoms with Gasteiger partial charge in [0.05, 0.1) is 13.2 Å². The van der Waals surface area contributed by atoms with Crippen LogP contribution in [0.1, 0.15) is 13.3 Å². The Morgan fingerprint density at radius 3 is 1.23 bits per heavy atom. The Bertz CT molecular complexity index is 1870. The van der Waals surface area contributed by atoms with Crippen LogP contribution in [0.4, 0.5) is 34.1 Å². The number of carbonyl (C=O) groups is 1. The molecule has 0 aliphatic rings. The molecule has 6 aromatic rings. The Hall–Kier alpha value is -6.07. The Kier molecular flexibility index (Phi) is 10.3. The normalized spacial score (nSPS) is 10.6. The molecule has 0 aromatic heterocycles. The molecule has 0 unspecified atom stereocenters. The van der Waals surface area contributed by atoms with Crippen LogP contribution >= 0.6 is 0 Å². The lowest BCUT2D eigenvalue weighted by atomic mass is 10.0. The molecule has 0 aliphatic heterocycles. The molecular formula is C43H38N2O3. The zero-order chi connectivity index (χ0) is 33.1. The maximum atomic E-state index is 11.6. The van der Waals surface area contributed by atoms with Gasteiger partial charge in [-0.3, -0.25) is 0 Å². The minimum atomic E-state index is -0.375. The number of ether oxygens (including phenoxy) is 2. The molecule has 5 nitrogen and oxygen atoms in total. The van der Waals surface area contributed by atoms with Crippen molar-refractivity contribution in [3.8, 4) is 16.9 Å². The molecule has 238 valence electrons. The second-order valence-electron chi connectivity index (χ2n) is 11.4. The summed E-state index contributed by atoms with van der Waals surface area (Å²) in [5.41, 5.74) is 9.14. The molecule has 0 radical (unpaired) electrons. The summed E-state index contributed by atoms with van der Waals surface area (Å²) in [4.78, 5) is 16.1. The van der Waals surface area contributed by atoms with Gasteiger partial charge in [-0.15, -0.1) is 0 Å². The first-order chi connectivity index (χ1) is 23.6. The van der Waals surface area contributed by atoms with Gasteiger partial charge in [0.15, 0.2) is 0 Å². The summed E-state index contributed by atoms with van der Waals surface area (Å²) in [5.74, 6) is 0.384. The minimum Gasteiger partial charge on any atom is -0.493 e. The number of para-hydroxylation sites is 3. The van der Waals surface area contributed by atoms with Crippen LogP contribution in [0.15, 0.2) is 176 Å². The second-order valence-corrected chi connectivity index (χ2v) is 11.4. The summed E-state index contributed by atoms with van der Waals surface area (Å²) in [6, 6.07) is 56.6. The lowest BCUT2D eigenvalue weighted by Gasteiger charge is -2.26. The SMILES string of the molecule is C=C(C)C(=O)OCCCOc1ccc(N(c2ccccc2)c2ccc(-c3ccc(N(c4ccccc4)c4ccccc4)cc3)cc2)cc1. The molecule has 0 spiro atoms. The summed E-state index contributed by atoms with van der Waals surface area (Å²) in [6.45, 7) is 5.98. The fraction of sp³-hybridized carbons (Fsp3) is 0.0930. The third-order valence-corrected chi connectivity index (χ3v) is 7.86. The fourth-order valence-corrected chi connectivity index (χ4v) is 5.46. The van der Waals surface area contributed by atoms with Crippen molar-refractivity contribution in [2.24, 2.45) is 0 Å². The minimum absolute atomic E-state index is 0.297. The van der Waals surface area contributed by atoms with Gasteiger partial charge < -0.3 is 19.3 Å². The summed E-state index contributed by atoms with van der Waals surface area (Å²) in [6.07, 6.45) is 0.601. The molecule has 48 heavy (non-hydrogen) atoms. The zero-order valence-electron chi connectivity index (χ0n) is 27.0. The average Bonchev–Trinajstić information content (AvgIpc) is 3.14. The van der Waals surface area contributed by atoms with Crippen molar-refractivity contribution in [3.05, 3.63) is 176 Å². The highest BCUT2D eigenvalue weighted by Crippen LogP contribution is 2.38. The highest BCUT2D eigenvalue weighted by atomic mass is 16.5. The molecule has 6 rings (SSSR count). The number of anilines is 6. The van der Waals surface area contributed by atoms with Gasteiger partial charge in [-0.25, -0.2) is 4.79 Å². The number of nitrogens with zero attached hydrogens (tertiary/aromatic N) is 2. The van der Waals surface area contributed by atoms with Crippen LogP contribution in [0.5, 0.6) is 5.75 Å². The Balaban J connectivity index is 1.18. The predicted molar refractivity (Wildman–Crippen MR) is 197 cm³/mol. The molecule has 0 amide bonds. The van der Waals surface area contributed by atoms with E-state index in [4.69, 9.17) is 9.47 Å². The topological polar surface area (TPSA) is 42.0 Å². The van der Waals surface area contributed by atoms with Crippen molar-refractivity contribution < 1.29 is 14.3 Å². The zero-order valence-corrected chi connectivity index (χ0v) is 27.0. The van der Waals surface area contributed by atoms with E-state index in [-0.39, 0.29) is 5.97 Å². The molecule has 0 bridgehead atoms. The third-order valence-electron chi connectivity index (χ3n) is 7.86. The van der Waals surface area contributed by atoms with Crippen LogP contribution in [0.25, 0.3) is 11.1 Å². The van der Waals surface area contributed by atoms with Gasteiger partial charge in [0, 0.05) is 46.1 Å². The fourth-order valence-electron chi connectivity index (χ4n) is 5.46. The van der Waals surface area contributed by atoms with Crippen LogP contribution in [0.2, 0.25) is 0 Å². The summed E-state index contributed by atoms with van der Waals surface area (Å²) in [7, 11) is 0. The van der Waals surface area contributed by atoms with Crippen molar-refractivity contribution >= 4 is 40.1 Å². The molecule has 0 saturated carbocycles. The summed E-state index contributed by atoms with van der Waals surface area (Å²) >= 11 is 0. The van der Waals surface area contributed by atoms with Crippen molar-refractivity contribution in [1.29, 1.82) is 0 Å². The lowest BCUT2D eigenvalue weighted by Crippen LogP contribution is -2.10. The van der Waals surface area contributed by atoms with Gasteiger partial charge in [0.1, 0.15) is 5.75 Å². The molecule has 6 aromatic carbocycles. The smallest absolute Gasteiger partial charge is 0.333 e. The van der Waals surface area contributed by atoms with E-state index in [2.05, 4.69) is 138 Å². The molecule has 0 aliphatic carbocycles. The van der Waals surface area contributed by atoms with E-state index in [1.807, 2.05) is 42.5 Å². The molecule has 5 heteroatoms. The number of benzene rings is 6. The number of esters is 1. The molecule has 0 saturated heterocycles. The van der Waals surface area contributed by atoms with E-state index in [9.17, 15) is 4.79 Å². The van der Waals surface area contributed by atoms with Gasteiger partial charge in [-0.2, -0.15) is 0 Å². The summed E-state index contributed by atoms with van der Waals surface area (Å²) in [5, 5.41) is 0. The Morgan fingerprint density at radius 1 is 0.500 bits per heavy atom. The van der Waals surface area contributed by atoms with Gasteiger partial charge in [0.2, 0.25) is 0 Å². The van der Waals surface area contributed by atoms with E-state index < -0.39 is 0 Å². The van der Waals surface area contributed by atoms with Crippen LogP contribution in [-0.4, -0.2) is 19.2 Å². The molecule has 0 heterocycles. The van der Waals surface area contributed by atoms with Crippen molar-refractivity contribution in [2.45, 2.75) is 13.3 Å². The second kappa shape index (κ2) is 15.5. The van der Waals surface area contributed by atoms with Crippen LogP contribution < -0.4 is 14.5 Å². The predicted octanol–water partition coefficient (Wildman–Crippen LogP) is 11.2. The lowest BCUT2D eigenvalue weighted by molar-refractivity contribution is -0.139. The molecule has 0 atom stereocenters. The highest BCUT2D eigenvalue weighted by Gasteiger charge is 2.14. The van der Waals surface area contributed by atoms with Gasteiger partial charge in [-0.05, 0) is 103 Å². The first-order valence-electron chi connectivity index (χ1n) is 16.1. The van der Waals surface area contributed by atoms with Crippen molar-refractivity contribution in [2.75, 3.05) is 23.0 Å². The third kappa shape index (κ3) is 7.83. The Labute approximate surface area is 282 Å². The quantitative estimate of drug-likeness (QED) is 0.0721. The van der Waals surface area contributed by atoms with Crippen molar-refractivity contribution in [1.82, 2.24) is 0 Å². The van der Waals surface area contributed by atoms with Gasteiger partial charge in [0.25, 0.3) is 0 Å². The number of hydrogen-bond donors (Lipinski definition) is 0. The average molecular weight is 631 g/mol.